The molecule has 0 N–H and O–H groups in total. The molecule has 2 aromatic rings. The second-order valence-electron chi connectivity index (χ2n) is 3.44. The minimum Gasteiger partial charge on any atom is -0.261 e. The van der Waals surface area contributed by atoms with E-state index in [4.69, 9.17) is 0 Å². The van der Waals surface area contributed by atoms with Gasteiger partial charge in [-0.3, -0.25) is 9.36 Å². The van der Waals surface area contributed by atoms with Gasteiger partial charge in [0.2, 0.25) is 0 Å². The van der Waals surface area contributed by atoms with Crippen molar-refractivity contribution in [1.82, 2.24) is 24.5 Å². The molecule has 0 bridgehead atoms. The Balaban J connectivity index is 2.33. The summed E-state index contributed by atoms with van der Waals surface area (Å²) in [6.07, 6.45) is 1.55. The number of hydrogen-bond donors (Lipinski definition) is 0. The largest absolute Gasteiger partial charge is 0.261 e. The van der Waals surface area contributed by atoms with E-state index in [1.54, 1.807) is 11.0 Å². The summed E-state index contributed by atoms with van der Waals surface area (Å²) in [4.78, 5) is 4.17. The second kappa shape index (κ2) is 3.77. The Hall–Kier alpha value is -1.17. The molecule has 0 spiro atoms. The maximum absolute atomic E-state index is 4.41. The standard InChI is InChI=1S/C9H12BrN5/c1-6-9(10)7(2)15(13-6)4-8-11-5-12-14(8)3/h5H,4H2,1-3H3. The van der Waals surface area contributed by atoms with Gasteiger partial charge >= 0.3 is 0 Å². The van der Waals surface area contributed by atoms with Crippen molar-refractivity contribution in [2.45, 2.75) is 20.4 Å². The van der Waals surface area contributed by atoms with E-state index in [1.807, 2.05) is 25.6 Å². The van der Waals surface area contributed by atoms with Gasteiger partial charge in [0.15, 0.2) is 0 Å². The van der Waals surface area contributed by atoms with Crippen LogP contribution in [-0.4, -0.2) is 24.5 Å². The third-order valence-corrected chi connectivity index (χ3v) is 3.54. The molecule has 0 unspecified atom stereocenters. The molecule has 0 aromatic carbocycles. The Bertz CT molecular complexity index is 485. The topological polar surface area (TPSA) is 48.5 Å². The molecule has 0 aliphatic carbocycles. The molecular weight excluding hydrogens is 258 g/mol. The molecule has 0 radical (unpaired) electrons. The zero-order chi connectivity index (χ0) is 11.0. The van der Waals surface area contributed by atoms with Gasteiger partial charge in [0.1, 0.15) is 18.7 Å². The van der Waals surface area contributed by atoms with Crippen LogP contribution in [0.1, 0.15) is 17.2 Å². The fraction of sp³-hybridized carbons (Fsp3) is 0.444. The number of halogens is 1. The number of hydrogen-bond acceptors (Lipinski definition) is 3. The molecule has 0 fully saturated rings. The van der Waals surface area contributed by atoms with Gasteiger partial charge in [-0.05, 0) is 29.8 Å². The minimum atomic E-state index is 0.648. The van der Waals surface area contributed by atoms with Crippen molar-refractivity contribution in [3.63, 3.8) is 0 Å². The molecule has 0 saturated heterocycles. The molecule has 5 nitrogen and oxygen atoms in total. The highest BCUT2D eigenvalue weighted by Crippen LogP contribution is 2.20. The van der Waals surface area contributed by atoms with Gasteiger partial charge in [0.25, 0.3) is 0 Å². The average molecular weight is 270 g/mol. The summed E-state index contributed by atoms with van der Waals surface area (Å²) in [6, 6.07) is 0. The lowest BCUT2D eigenvalue weighted by atomic mass is 10.4. The molecule has 0 aliphatic heterocycles. The first-order valence-electron chi connectivity index (χ1n) is 4.62. The zero-order valence-electron chi connectivity index (χ0n) is 8.90. The van der Waals surface area contributed by atoms with Crippen molar-refractivity contribution >= 4 is 15.9 Å². The van der Waals surface area contributed by atoms with Gasteiger partial charge in [-0.15, -0.1) is 0 Å². The van der Waals surface area contributed by atoms with Crippen molar-refractivity contribution in [2.24, 2.45) is 7.05 Å². The van der Waals surface area contributed by atoms with Crippen LogP contribution < -0.4 is 0 Å². The average Bonchev–Trinajstić information content (AvgIpc) is 2.69. The molecule has 80 valence electrons. The first-order valence-corrected chi connectivity index (χ1v) is 5.41. The number of aryl methyl sites for hydroxylation is 2. The maximum atomic E-state index is 4.41. The van der Waals surface area contributed by atoms with Gasteiger partial charge < -0.3 is 0 Å². The monoisotopic (exact) mass is 269 g/mol. The molecule has 0 amide bonds. The third-order valence-electron chi connectivity index (χ3n) is 2.39. The molecule has 6 heteroatoms. The lowest BCUT2D eigenvalue weighted by Gasteiger charge is -2.03. The Morgan fingerprint density at radius 3 is 2.60 bits per heavy atom. The summed E-state index contributed by atoms with van der Waals surface area (Å²) >= 11 is 3.50. The van der Waals surface area contributed by atoms with Crippen molar-refractivity contribution < 1.29 is 0 Å². The first kappa shape index (κ1) is 10.4. The zero-order valence-corrected chi connectivity index (χ0v) is 10.5. The Morgan fingerprint density at radius 2 is 2.13 bits per heavy atom. The Morgan fingerprint density at radius 1 is 1.40 bits per heavy atom. The second-order valence-corrected chi connectivity index (χ2v) is 4.24. The Kier molecular flexibility index (Phi) is 2.60. The van der Waals surface area contributed by atoms with Gasteiger partial charge in [0.05, 0.1) is 15.9 Å². The van der Waals surface area contributed by atoms with Gasteiger partial charge in [-0.1, -0.05) is 0 Å². The van der Waals surface area contributed by atoms with Crippen LogP contribution in [0.2, 0.25) is 0 Å². The van der Waals surface area contributed by atoms with Crippen LogP contribution in [0.25, 0.3) is 0 Å². The van der Waals surface area contributed by atoms with Crippen LogP contribution in [0.5, 0.6) is 0 Å². The molecule has 0 saturated carbocycles. The van der Waals surface area contributed by atoms with Crippen LogP contribution >= 0.6 is 15.9 Å². The first-order chi connectivity index (χ1) is 7.09. The fourth-order valence-electron chi connectivity index (χ4n) is 1.43. The van der Waals surface area contributed by atoms with Gasteiger partial charge in [0, 0.05) is 7.05 Å². The number of rotatable bonds is 2. The highest BCUT2D eigenvalue weighted by molar-refractivity contribution is 9.10. The van der Waals surface area contributed by atoms with E-state index < -0.39 is 0 Å². The Labute approximate surface area is 96.2 Å². The van der Waals surface area contributed by atoms with E-state index in [2.05, 4.69) is 31.1 Å². The molecule has 2 rings (SSSR count). The van der Waals surface area contributed by atoms with Crippen LogP contribution in [-0.2, 0) is 13.6 Å². The van der Waals surface area contributed by atoms with E-state index in [-0.39, 0.29) is 0 Å². The number of nitrogens with zero attached hydrogens (tertiary/aromatic N) is 5. The highest BCUT2D eigenvalue weighted by atomic mass is 79.9. The van der Waals surface area contributed by atoms with E-state index >= 15 is 0 Å². The number of aromatic nitrogens is 5. The van der Waals surface area contributed by atoms with Crippen molar-refractivity contribution in [3.05, 3.63) is 28.0 Å². The summed E-state index contributed by atoms with van der Waals surface area (Å²) in [5.74, 6) is 0.896. The molecule has 2 heterocycles. The van der Waals surface area contributed by atoms with Crippen molar-refractivity contribution in [2.75, 3.05) is 0 Å². The van der Waals surface area contributed by atoms with Crippen molar-refractivity contribution in [3.8, 4) is 0 Å². The van der Waals surface area contributed by atoms with E-state index in [0.717, 1.165) is 21.7 Å². The molecule has 2 aromatic heterocycles. The molecule has 0 atom stereocenters. The smallest absolute Gasteiger partial charge is 0.148 e. The predicted octanol–water partition coefficient (Wildman–Crippen LogP) is 1.44. The summed E-state index contributed by atoms with van der Waals surface area (Å²) in [5.41, 5.74) is 2.10. The van der Waals surface area contributed by atoms with Gasteiger partial charge in [-0.2, -0.15) is 10.2 Å². The van der Waals surface area contributed by atoms with Crippen LogP contribution in [0.3, 0.4) is 0 Å². The quantitative estimate of drug-likeness (QED) is 0.829. The summed E-state index contributed by atoms with van der Waals surface area (Å²) in [5, 5.41) is 8.44. The summed E-state index contributed by atoms with van der Waals surface area (Å²) in [6.45, 7) is 4.65. The van der Waals surface area contributed by atoms with Crippen molar-refractivity contribution in [1.29, 1.82) is 0 Å². The van der Waals surface area contributed by atoms with Crippen LogP contribution in [0.4, 0.5) is 0 Å². The van der Waals surface area contributed by atoms with Crippen LogP contribution in [0, 0.1) is 13.8 Å². The van der Waals surface area contributed by atoms with E-state index in [9.17, 15) is 0 Å². The highest BCUT2D eigenvalue weighted by Gasteiger charge is 2.10. The summed E-state index contributed by atoms with van der Waals surface area (Å²) < 4.78 is 4.73. The van der Waals surface area contributed by atoms with E-state index in [1.165, 1.54) is 0 Å². The third kappa shape index (κ3) is 1.81. The SMILES string of the molecule is Cc1nn(Cc2ncnn2C)c(C)c1Br. The molecule has 0 aliphatic rings. The minimum absolute atomic E-state index is 0.648. The lowest BCUT2D eigenvalue weighted by molar-refractivity contribution is 0.593. The maximum Gasteiger partial charge on any atom is 0.148 e. The normalized spacial score (nSPS) is 10.9. The lowest BCUT2D eigenvalue weighted by Crippen LogP contribution is -2.09. The fourth-order valence-corrected chi connectivity index (χ4v) is 1.71. The molecule has 15 heavy (non-hydrogen) atoms. The van der Waals surface area contributed by atoms with Gasteiger partial charge in [-0.25, -0.2) is 4.98 Å². The summed E-state index contributed by atoms with van der Waals surface area (Å²) in [7, 11) is 1.88. The van der Waals surface area contributed by atoms with E-state index in [0.29, 0.717) is 6.54 Å². The van der Waals surface area contributed by atoms with Crippen LogP contribution in [0.15, 0.2) is 10.8 Å². The predicted molar refractivity (Wildman–Crippen MR) is 59.5 cm³/mol. The molecular formula is C9H12BrN5.